The zero-order valence-electron chi connectivity index (χ0n) is 28.2. The van der Waals surface area contributed by atoms with Crippen molar-refractivity contribution >= 4 is 44.6 Å². The van der Waals surface area contributed by atoms with E-state index in [4.69, 9.17) is 0 Å². The normalized spacial score (nSPS) is 14.5. The fraction of sp³-hybridized carbons (Fsp3) is 0.300. The summed E-state index contributed by atoms with van der Waals surface area (Å²) in [6.07, 6.45) is 4.38. The van der Waals surface area contributed by atoms with Crippen LogP contribution in [0.25, 0.3) is 10.8 Å². The zero-order valence-corrected chi connectivity index (χ0v) is 29.0. The second-order valence-corrected chi connectivity index (χ2v) is 15.4. The van der Waals surface area contributed by atoms with Gasteiger partial charge in [-0.05, 0) is 115 Å². The molecule has 1 N–H and O–H groups in total. The number of nitrogens with one attached hydrogen (secondary N) is 1. The van der Waals surface area contributed by atoms with E-state index in [-0.39, 0.29) is 6.98 Å². The molecule has 240 valence electrons. The molecule has 0 fully saturated rings. The number of benzene rings is 5. The Bertz CT molecular complexity index is 2080. The summed E-state index contributed by atoms with van der Waals surface area (Å²) in [7, 11) is -3.64. The molecule has 5 nitrogen and oxygen atoms in total. The van der Waals surface area contributed by atoms with Gasteiger partial charge in [-0.1, -0.05) is 86.0 Å². The second-order valence-electron chi connectivity index (χ2n) is 13.5. The molecule has 7 heteroatoms. The van der Waals surface area contributed by atoms with E-state index in [0.717, 1.165) is 49.0 Å². The van der Waals surface area contributed by atoms with Gasteiger partial charge in [-0.25, -0.2) is 8.42 Å². The van der Waals surface area contributed by atoms with Crippen molar-refractivity contribution in [2.24, 2.45) is 0 Å². The monoisotopic (exact) mass is 641 g/mol. The van der Waals surface area contributed by atoms with E-state index in [1.54, 1.807) is 16.4 Å². The maximum Gasteiger partial charge on any atom is 0.409 e. The molecular formula is C40H44BN3O2S. The molecule has 0 atom stereocenters. The van der Waals surface area contributed by atoms with Crippen molar-refractivity contribution in [2.75, 3.05) is 10.0 Å². The molecule has 0 aliphatic carbocycles. The smallest absolute Gasteiger partial charge is 0.405 e. The van der Waals surface area contributed by atoms with Crippen molar-refractivity contribution in [2.45, 2.75) is 84.8 Å². The number of aryl methyl sites for hydroxylation is 2. The molecule has 47 heavy (non-hydrogen) atoms. The quantitative estimate of drug-likeness (QED) is 0.130. The number of hydrogen-bond acceptors (Lipinski definition) is 4. The number of rotatable bonds is 9. The minimum atomic E-state index is -3.64. The van der Waals surface area contributed by atoms with E-state index in [2.05, 4.69) is 98.4 Å². The topological polar surface area (TPSA) is 52.6 Å². The van der Waals surface area contributed by atoms with Gasteiger partial charge in [-0.15, -0.1) is 0 Å². The van der Waals surface area contributed by atoms with E-state index in [9.17, 15) is 8.42 Å². The second kappa shape index (κ2) is 12.5. The van der Waals surface area contributed by atoms with Crippen LogP contribution < -0.4 is 15.5 Å². The lowest BCUT2D eigenvalue weighted by molar-refractivity contribution is 0.431. The van der Waals surface area contributed by atoms with Gasteiger partial charge in [-0.2, -0.15) is 4.31 Å². The van der Waals surface area contributed by atoms with Crippen molar-refractivity contribution in [1.82, 2.24) is 4.31 Å². The van der Waals surface area contributed by atoms with Gasteiger partial charge < -0.3 is 10.0 Å². The summed E-state index contributed by atoms with van der Waals surface area (Å²) in [6, 6.07) is 29.1. The number of unbranched alkanes of at least 4 members (excludes halogenated alkanes) is 2. The highest BCUT2D eigenvalue weighted by atomic mass is 32.2. The van der Waals surface area contributed by atoms with E-state index >= 15 is 0 Å². The Morgan fingerprint density at radius 3 is 2.23 bits per heavy atom. The largest absolute Gasteiger partial charge is 0.409 e. The maximum atomic E-state index is 14.0. The Labute approximate surface area is 280 Å². The average molecular weight is 642 g/mol. The van der Waals surface area contributed by atoms with Gasteiger partial charge >= 0.3 is 6.98 Å². The molecule has 0 spiro atoms. The molecule has 2 aliphatic rings. The summed E-state index contributed by atoms with van der Waals surface area (Å²) in [5.41, 5.74) is 13.4. The first-order valence-electron chi connectivity index (χ1n) is 17.0. The van der Waals surface area contributed by atoms with Crippen molar-refractivity contribution in [3.05, 3.63) is 129 Å². The van der Waals surface area contributed by atoms with E-state index < -0.39 is 10.0 Å². The molecule has 2 heterocycles. The van der Waals surface area contributed by atoms with Gasteiger partial charge in [0.25, 0.3) is 0 Å². The molecule has 0 radical (unpaired) electrons. The highest BCUT2D eigenvalue weighted by molar-refractivity contribution is 7.89. The summed E-state index contributed by atoms with van der Waals surface area (Å²) in [5.74, 6) is 0. The van der Waals surface area contributed by atoms with Gasteiger partial charge in [0, 0.05) is 36.4 Å². The first kappa shape index (κ1) is 31.5. The lowest BCUT2D eigenvalue weighted by Gasteiger charge is -2.40. The van der Waals surface area contributed by atoms with Crippen LogP contribution in [0, 0.1) is 27.7 Å². The fourth-order valence-corrected chi connectivity index (χ4v) is 9.16. The van der Waals surface area contributed by atoms with Gasteiger partial charge in [-0.3, -0.25) is 0 Å². The van der Waals surface area contributed by atoms with Crippen LogP contribution in [-0.2, 0) is 36.1 Å². The third kappa shape index (κ3) is 5.64. The van der Waals surface area contributed by atoms with Crippen molar-refractivity contribution in [1.29, 1.82) is 0 Å². The zero-order chi connectivity index (χ0) is 32.9. The predicted octanol–water partition coefficient (Wildman–Crippen LogP) is 8.34. The number of nitrogens with zero attached hydrogens (tertiary/aromatic N) is 2. The Hall–Kier alpha value is -4.07. The van der Waals surface area contributed by atoms with Gasteiger partial charge in [0.2, 0.25) is 10.0 Å². The molecule has 0 amide bonds. The average Bonchev–Trinajstić information content (AvgIpc) is 3.53. The van der Waals surface area contributed by atoms with Crippen molar-refractivity contribution in [3.8, 4) is 0 Å². The number of anilines is 2. The van der Waals surface area contributed by atoms with Crippen molar-refractivity contribution in [3.63, 3.8) is 0 Å². The number of sulfonamides is 1. The highest BCUT2D eigenvalue weighted by Gasteiger charge is 2.40. The Balaban J connectivity index is 1.39. The van der Waals surface area contributed by atoms with Crippen LogP contribution in [0.1, 0.15) is 70.7 Å². The molecular weight excluding hydrogens is 597 g/mol. The first-order valence-corrected chi connectivity index (χ1v) is 18.4. The fourth-order valence-electron chi connectivity index (χ4n) is 7.78. The van der Waals surface area contributed by atoms with E-state index in [1.165, 1.54) is 55.3 Å². The molecule has 2 aliphatic heterocycles. The van der Waals surface area contributed by atoms with Crippen molar-refractivity contribution < 1.29 is 8.42 Å². The Morgan fingerprint density at radius 2 is 1.51 bits per heavy atom. The molecule has 5 aromatic carbocycles. The SMILES string of the molecule is CCCCCc1c(C)c2c(c(C)c1B1Nc3cccc4cc(C)cc(c34)N1Cc1ccccc1)CN(S(=O)(=O)c1ccc(C)cc1)C2. The van der Waals surface area contributed by atoms with Crippen LogP contribution in [0.15, 0.2) is 89.8 Å². The van der Waals surface area contributed by atoms with Gasteiger partial charge in [0.15, 0.2) is 0 Å². The van der Waals surface area contributed by atoms with Crippen LogP contribution in [0.5, 0.6) is 0 Å². The van der Waals surface area contributed by atoms with Crippen LogP contribution in [0.3, 0.4) is 0 Å². The third-order valence-corrected chi connectivity index (χ3v) is 12.1. The molecule has 5 aromatic rings. The van der Waals surface area contributed by atoms with E-state index in [1.807, 2.05) is 19.1 Å². The Morgan fingerprint density at radius 1 is 0.787 bits per heavy atom. The van der Waals surface area contributed by atoms with Crippen LogP contribution in [0.4, 0.5) is 11.4 Å². The molecule has 0 unspecified atom stereocenters. The molecule has 0 saturated heterocycles. The van der Waals surface area contributed by atoms with Crippen LogP contribution in [0.2, 0.25) is 0 Å². The summed E-state index contributed by atoms with van der Waals surface area (Å²) in [5, 5.41) is 6.52. The predicted molar refractivity (Wildman–Crippen MR) is 197 cm³/mol. The van der Waals surface area contributed by atoms with Crippen LogP contribution in [-0.4, -0.2) is 19.7 Å². The summed E-state index contributed by atoms with van der Waals surface area (Å²) < 4.78 is 29.6. The summed E-state index contributed by atoms with van der Waals surface area (Å²) >= 11 is 0. The Kier molecular flexibility index (Phi) is 8.40. The number of fused-ring (bicyclic) bond motifs is 1. The van der Waals surface area contributed by atoms with E-state index in [0.29, 0.717) is 18.0 Å². The minimum Gasteiger partial charge on any atom is -0.405 e. The third-order valence-electron chi connectivity index (χ3n) is 10.3. The summed E-state index contributed by atoms with van der Waals surface area (Å²) in [4.78, 5) is 2.91. The molecule has 0 saturated carbocycles. The molecule has 7 rings (SSSR count). The van der Waals surface area contributed by atoms with Crippen LogP contribution >= 0.6 is 0 Å². The minimum absolute atomic E-state index is 0.113. The van der Waals surface area contributed by atoms with Gasteiger partial charge in [0.1, 0.15) is 0 Å². The lowest BCUT2D eigenvalue weighted by atomic mass is 9.58. The standard InChI is InChI=1S/C40H44BN3O2S/c1-6-7-9-16-34-29(4)35-25-43(47(45,46)33-20-18-27(2)19-21-33)26-36(35)30(5)40(34)41-42-37-17-12-15-32-22-28(3)23-38(39(32)37)44(41)24-31-13-10-8-11-14-31/h8,10-15,17-23,42H,6-7,9,16,24-26H2,1-5H3. The lowest BCUT2D eigenvalue weighted by Crippen LogP contribution is -2.58. The molecule has 0 aromatic heterocycles. The summed E-state index contributed by atoms with van der Waals surface area (Å²) in [6.45, 7) is 12.3. The number of hydrogen-bond donors (Lipinski definition) is 1. The molecule has 0 bridgehead atoms. The highest BCUT2D eigenvalue weighted by Crippen LogP contribution is 2.41. The maximum absolute atomic E-state index is 14.0. The first-order chi connectivity index (χ1) is 22.7. The van der Waals surface area contributed by atoms with Gasteiger partial charge in [0.05, 0.1) is 4.90 Å².